The predicted molar refractivity (Wildman–Crippen MR) is 73.9 cm³/mol. The first-order valence-corrected chi connectivity index (χ1v) is 8.33. The minimum absolute atomic E-state index is 0.272. The van der Waals surface area contributed by atoms with Crippen molar-refractivity contribution in [2.75, 3.05) is 13.1 Å². The molecule has 0 saturated carbocycles. The van der Waals surface area contributed by atoms with E-state index in [0.717, 1.165) is 38.5 Å². The minimum atomic E-state index is -3.35. The summed E-state index contributed by atoms with van der Waals surface area (Å²) < 4.78 is 26.6. The van der Waals surface area contributed by atoms with Gasteiger partial charge in [-0.15, -0.1) is 0 Å². The number of aliphatic imine (C=N–C) groups is 1. The fraction of sp³-hybridized carbons (Fsp3) is 0.769. The van der Waals surface area contributed by atoms with Gasteiger partial charge in [-0.05, 0) is 44.1 Å². The Morgan fingerprint density at radius 2 is 2.06 bits per heavy atom. The maximum absolute atomic E-state index is 12.5. The van der Waals surface area contributed by atoms with Crippen LogP contribution in [0, 0.1) is 5.92 Å². The maximum atomic E-state index is 12.5. The molecule has 0 bridgehead atoms. The normalized spacial score (nSPS) is 26.7. The molecule has 2 aliphatic rings. The zero-order valence-electron chi connectivity index (χ0n) is 11.0. The van der Waals surface area contributed by atoms with Crippen LogP contribution in [0.15, 0.2) is 16.1 Å². The monoisotopic (exact) mass is 270 g/mol. The summed E-state index contributed by atoms with van der Waals surface area (Å²) in [6.45, 7) is 3.38. The van der Waals surface area contributed by atoms with E-state index in [1.165, 1.54) is 0 Å². The van der Waals surface area contributed by atoms with Gasteiger partial charge in [0.05, 0.1) is 0 Å². The number of piperidine rings is 1. The van der Waals surface area contributed by atoms with Gasteiger partial charge in [-0.1, -0.05) is 13.3 Å². The van der Waals surface area contributed by atoms with Crippen molar-refractivity contribution in [3.05, 3.63) is 11.1 Å². The van der Waals surface area contributed by atoms with Gasteiger partial charge < -0.3 is 0 Å². The van der Waals surface area contributed by atoms with Crippen molar-refractivity contribution in [1.29, 1.82) is 0 Å². The molecule has 1 atom stereocenters. The van der Waals surface area contributed by atoms with Crippen molar-refractivity contribution in [1.82, 2.24) is 4.31 Å². The number of sulfonamides is 1. The highest BCUT2D eigenvalue weighted by Gasteiger charge is 2.28. The van der Waals surface area contributed by atoms with Crippen LogP contribution < -0.4 is 0 Å². The summed E-state index contributed by atoms with van der Waals surface area (Å²) in [7, 11) is -3.35. The molecule has 0 aliphatic carbocycles. The fourth-order valence-corrected chi connectivity index (χ4v) is 4.06. The maximum Gasteiger partial charge on any atom is 0.260 e. The minimum Gasteiger partial charge on any atom is -0.248 e. The van der Waals surface area contributed by atoms with Crippen LogP contribution in [0.5, 0.6) is 0 Å². The number of hydrogen-bond acceptors (Lipinski definition) is 3. The van der Waals surface area contributed by atoms with Crippen LogP contribution in [0.25, 0.3) is 0 Å². The van der Waals surface area contributed by atoms with Crippen molar-refractivity contribution in [2.24, 2.45) is 10.9 Å². The Morgan fingerprint density at radius 1 is 1.33 bits per heavy atom. The fourth-order valence-electron chi connectivity index (χ4n) is 2.48. The van der Waals surface area contributed by atoms with E-state index in [4.69, 9.17) is 0 Å². The van der Waals surface area contributed by atoms with Crippen LogP contribution in [0.2, 0.25) is 0 Å². The van der Waals surface area contributed by atoms with Crippen molar-refractivity contribution in [3.8, 4) is 0 Å². The molecular formula is C13H22N2O2S. The van der Waals surface area contributed by atoms with Gasteiger partial charge >= 0.3 is 0 Å². The summed E-state index contributed by atoms with van der Waals surface area (Å²) in [5, 5.41) is 0.272. The average Bonchev–Trinajstić information content (AvgIpc) is 2.65. The number of rotatable bonds is 3. The molecule has 0 aromatic carbocycles. The van der Waals surface area contributed by atoms with E-state index in [1.54, 1.807) is 10.5 Å². The first-order chi connectivity index (χ1) is 8.64. The SMILES string of the molecule is CCC1C=C(S(=O)(=O)N2CCCCC2)N=CCC1. The molecular weight excluding hydrogens is 248 g/mol. The summed E-state index contributed by atoms with van der Waals surface area (Å²) in [5.41, 5.74) is 0. The summed E-state index contributed by atoms with van der Waals surface area (Å²) in [6.07, 6.45) is 9.51. The van der Waals surface area contributed by atoms with Crippen LogP contribution >= 0.6 is 0 Å². The van der Waals surface area contributed by atoms with E-state index in [2.05, 4.69) is 11.9 Å². The van der Waals surface area contributed by atoms with Crippen LogP contribution in [0.1, 0.15) is 45.4 Å². The number of allylic oxidation sites excluding steroid dienone is 1. The second kappa shape index (κ2) is 5.97. The highest BCUT2D eigenvalue weighted by atomic mass is 32.2. The molecule has 0 N–H and O–H groups in total. The van der Waals surface area contributed by atoms with E-state index in [1.807, 2.05) is 6.08 Å². The van der Waals surface area contributed by atoms with Crippen LogP contribution in [0.4, 0.5) is 0 Å². The Morgan fingerprint density at radius 3 is 2.72 bits per heavy atom. The van der Waals surface area contributed by atoms with Crippen molar-refractivity contribution in [2.45, 2.75) is 45.4 Å². The molecule has 5 heteroatoms. The summed E-state index contributed by atoms with van der Waals surface area (Å²) >= 11 is 0. The molecule has 4 nitrogen and oxygen atoms in total. The lowest BCUT2D eigenvalue weighted by Gasteiger charge is -2.26. The van der Waals surface area contributed by atoms with Gasteiger partial charge in [0.1, 0.15) is 0 Å². The van der Waals surface area contributed by atoms with Crippen LogP contribution in [0.3, 0.4) is 0 Å². The van der Waals surface area contributed by atoms with Crippen molar-refractivity contribution in [3.63, 3.8) is 0 Å². The van der Waals surface area contributed by atoms with Gasteiger partial charge in [0, 0.05) is 19.3 Å². The quantitative estimate of drug-likeness (QED) is 0.791. The Labute approximate surface area is 110 Å². The first-order valence-electron chi connectivity index (χ1n) is 6.89. The molecule has 2 aliphatic heterocycles. The Hall–Kier alpha value is -0.680. The zero-order chi connectivity index (χ0) is 13.0. The zero-order valence-corrected chi connectivity index (χ0v) is 11.8. The van der Waals surface area contributed by atoms with Crippen molar-refractivity contribution >= 4 is 16.2 Å². The predicted octanol–water partition coefficient (Wildman–Crippen LogP) is 2.53. The van der Waals surface area contributed by atoms with Gasteiger partial charge in [0.15, 0.2) is 5.03 Å². The highest BCUT2D eigenvalue weighted by Crippen LogP contribution is 2.25. The van der Waals surface area contributed by atoms with Crippen LogP contribution in [-0.2, 0) is 10.0 Å². The molecule has 1 unspecified atom stereocenters. The van der Waals surface area contributed by atoms with Crippen LogP contribution in [-0.4, -0.2) is 32.0 Å². The van der Waals surface area contributed by atoms with Crippen molar-refractivity contribution < 1.29 is 8.42 Å². The van der Waals surface area contributed by atoms with E-state index in [0.29, 0.717) is 19.0 Å². The lowest BCUT2D eigenvalue weighted by atomic mass is 10.0. The molecule has 2 rings (SSSR count). The summed E-state index contributed by atoms with van der Waals surface area (Å²) in [5.74, 6) is 0.335. The molecule has 1 fully saturated rings. The summed E-state index contributed by atoms with van der Waals surface area (Å²) in [4.78, 5) is 4.17. The molecule has 2 heterocycles. The van der Waals surface area contributed by atoms with Gasteiger partial charge in [0.2, 0.25) is 0 Å². The molecule has 18 heavy (non-hydrogen) atoms. The van der Waals surface area contributed by atoms with E-state index >= 15 is 0 Å². The van der Waals surface area contributed by atoms with E-state index < -0.39 is 10.0 Å². The Kier molecular flexibility index (Phi) is 4.56. The lowest BCUT2D eigenvalue weighted by molar-refractivity contribution is 0.349. The van der Waals surface area contributed by atoms with Gasteiger partial charge in [-0.3, -0.25) is 0 Å². The molecule has 0 aromatic rings. The molecule has 0 amide bonds. The standard InChI is InChI=1S/C13H22N2O2S/c1-2-12-7-6-8-14-13(11-12)18(16,17)15-9-4-3-5-10-15/h8,11-12H,2-7,9-10H2,1H3. The molecule has 0 aromatic heterocycles. The van der Waals surface area contributed by atoms with E-state index in [-0.39, 0.29) is 5.03 Å². The molecule has 102 valence electrons. The number of nitrogens with zero attached hydrogens (tertiary/aromatic N) is 2. The molecule has 0 spiro atoms. The topological polar surface area (TPSA) is 49.7 Å². The Balaban J connectivity index is 2.23. The van der Waals surface area contributed by atoms with Gasteiger partial charge in [-0.25, -0.2) is 13.4 Å². The number of hydrogen-bond donors (Lipinski definition) is 0. The third-order valence-corrected chi connectivity index (χ3v) is 5.52. The third-order valence-electron chi connectivity index (χ3n) is 3.71. The van der Waals surface area contributed by atoms with Gasteiger partial charge in [-0.2, -0.15) is 4.31 Å². The molecule has 1 saturated heterocycles. The average molecular weight is 270 g/mol. The van der Waals surface area contributed by atoms with Gasteiger partial charge in [0.25, 0.3) is 10.0 Å². The largest absolute Gasteiger partial charge is 0.260 e. The van der Waals surface area contributed by atoms with E-state index in [9.17, 15) is 8.42 Å². The third kappa shape index (κ3) is 3.01. The lowest BCUT2D eigenvalue weighted by Crippen LogP contribution is -2.36. The smallest absolute Gasteiger partial charge is 0.248 e. The first kappa shape index (κ1) is 13.7. The second-order valence-corrected chi connectivity index (χ2v) is 6.91. The highest BCUT2D eigenvalue weighted by molar-refractivity contribution is 7.93. The second-order valence-electron chi connectivity index (χ2n) is 5.03. The molecule has 0 radical (unpaired) electrons. The summed E-state index contributed by atoms with van der Waals surface area (Å²) in [6, 6.07) is 0. The Bertz CT molecular complexity index is 434.